The molecular weight excluding hydrogens is 399 g/mol. The summed E-state index contributed by atoms with van der Waals surface area (Å²) in [6.07, 6.45) is 2.70. The lowest BCUT2D eigenvalue weighted by Crippen LogP contribution is -2.48. The van der Waals surface area contributed by atoms with Gasteiger partial charge in [0.2, 0.25) is 5.91 Å². The van der Waals surface area contributed by atoms with Crippen LogP contribution in [0.5, 0.6) is 0 Å². The van der Waals surface area contributed by atoms with Crippen molar-refractivity contribution in [2.45, 2.75) is 12.6 Å². The van der Waals surface area contributed by atoms with Gasteiger partial charge in [-0.1, -0.05) is 12.1 Å². The summed E-state index contributed by atoms with van der Waals surface area (Å²) in [4.78, 5) is 30.2. The number of nitrogens with one attached hydrogen (secondary N) is 3. The second kappa shape index (κ2) is 7.90. The lowest BCUT2D eigenvalue weighted by Gasteiger charge is -2.15. The highest BCUT2D eigenvalue weighted by Crippen LogP contribution is 2.07. The minimum absolute atomic E-state index is 0.226. The lowest BCUT2D eigenvalue weighted by atomic mass is 10.2. The van der Waals surface area contributed by atoms with Crippen molar-refractivity contribution < 1.29 is 14.7 Å². The third-order valence-electron chi connectivity index (χ3n) is 2.90. The number of carbonyl (C=O) groups excluding carboxylic acids is 2. The highest BCUT2D eigenvalue weighted by atomic mass is 127. The summed E-state index contributed by atoms with van der Waals surface area (Å²) in [6, 6.07) is 6.66. The standard InChI is InChI=1S/C14H15IN4O3/c15-10-3-1-2-9(4-10)5-17-13(21)12(7-20)19-14(22)11-6-16-8-18-11/h1-4,6,8,12,20H,5,7H2,(H,16,18)(H,17,21)(H,19,22). The summed E-state index contributed by atoms with van der Waals surface area (Å²) in [6.45, 7) is -0.163. The number of aliphatic hydroxyl groups excluding tert-OH is 1. The van der Waals surface area contributed by atoms with E-state index >= 15 is 0 Å². The molecule has 1 unspecified atom stereocenters. The molecule has 2 amide bonds. The molecule has 1 atom stereocenters. The molecule has 0 saturated carbocycles. The number of benzene rings is 1. The molecule has 7 nitrogen and oxygen atoms in total. The smallest absolute Gasteiger partial charge is 0.270 e. The van der Waals surface area contributed by atoms with E-state index in [1.165, 1.54) is 12.5 Å². The van der Waals surface area contributed by atoms with E-state index in [-0.39, 0.29) is 5.69 Å². The number of hydrogen-bond donors (Lipinski definition) is 4. The Morgan fingerprint density at radius 3 is 2.86 bits per heavy atom. The Morgan fingerprint density at radius 2 is 2.23 bits per heavy atom. The highest BCUT2D eigenvalue weighted by molar-refractivity contribution is 14.1. The van der Waals surface area contributed by atoms with Crippen molar-refractivity contribution >= 4 is 34.4 Å². The molecule has 22 heavy (non-hydrogen) atoms. The fourth-order valence-corrected chi connectivity index (χ4v) is 2.38. The van der Waals surface area contributed by atoms with Gasteiger partial charge in [0.1, 0.15) is 11.7 Å². The minimum atomic E-state index is -1.02. The van der Waals surface area contributed by atoms with E-state index in [4.69, 9.17) is 0 Å². The third kappa shape index (κ3) is 4.53. The number of carbonyl (C=O) groups is 2. The van der Waals surface area contributed by atoms with Gasteiger partial charge in [0.15, 0.2) is 0 Å². The maximum atomic E-state index is 12.0. The van der Waals surface area contributed by atoms with Crippen LogP contribution in [0.25, 0.3) is 0 Å². The molecule has 1 heterocycles. The van der Waals surface area contributed by atoms with E-state index < -0.39 is 24.5 Å². The number of halogens is 1. The first-order valence-electron chi connectivity index (χ1n) is 6.52. The molecule has 1 aromatic carbocycles. The Balaban J connectivity index is 1.90. The van der Waals surface area contributed by atoms with Crippen LogP contribution in [-0.2, 0) is 11.3 Å². The van der Waals surface area contributed by atoms with E-state index in [0.29, 0.717) is 6.54 Å². The average molecular weight is 414 g/mol. The van der Waals surface area contributed by atoms with Crippen LogP contribution in [0.2, 0.25) is 0 Å². The van der Waals surface area contributed by atoms with Gasteiger partial charge in [0, 0.05) is 10.1 Å². The molecule has 0 spiro atoms. The van der Waals surface area contributed by atoms with Crippen LogP contribution >= 0.6 is 22.6 Å². The largest absolute Gasteiger partial charge is 0.394 e. The Labute approximate surface area is 140 Å². The van der Waals surface area contributed by atoms with E-state index in [9.17, 15) is 14.7 Å². The molecule has 0 radical (unpaired) electrons. The van der Waals surface area contributed by atoms with Gasteiger partial charge in [-0.25, -0.2) is 4.98 Å². The molecule has 0 saturated heterocycles. The molecule has 8 heteroatoms. The lowest BCUT2D eigenvalue weighted by molar-refractivity contribution is -0.124. The van der Waals surface area contributed by atoms with Crippen molar-refractivity contribution in [2.24, 2.45) is 0 Å². The number of nitrogens with zero attached hydrogens (tertiary/aromatic N) is 1. The maximum Gasteiger partial charge on any atom is 0.270 e. The van der Waals surface area contributed by atoms with Crippen LogP contribution in [-0.4, -0.2) is 39.5 Å². The van der Waals surface area contributed by atoms with E-state index in [2.05, 4.69) is 43.2 Å². The first-order chi connectivity index (χ1) is 10.6. The zero-order valence-electron chi connectivity index (χ0n) is 11.5. The number of H-pyrrole nitrogens is 1. The first-order valence-corrected chi connectivity index (χ1v) is 7.60. The van der Waals surface area contributed by atoms with Crippen LogP contribution < -0.4 is 10.6 Å². The summed E-state index contributed by atoms with van der Waals surface area (Å²) in [7, 11) is 0. The summed E-state index contributed by atoms with van der Waals surface area (Å²) >= 11 is 2.19. The van der Waals surface area contributed by atoms with Crippen molar-refractivity contribution in [3.8, 4) is 0 Å². The van der Waals surface area contributed by atoms with Crippen LogP contribution in [0.1, 0.15) is 16.1 Å². The van der Waals surface area contributed by atoms with Crippen LogP contribution in [0, 0.1) is 3.57 Å². The summed E-state index contributed by atoms with van der Waals surface area (Å²) in [5.41, 5.74) is 1.17. The number of rotatable bonds is 6. The fourth-order valence-electron chi connectivity index (χ4n) is 1.77. The summed E-state index contributed by atoms with van der Waals surface area (Å²) in [5, 5.41) is 14.4. The molecular formula is C14H15IN4O3. The molecule has 116 valence electrons. The molecule has 0 aliphatic carbocycles. The quantitative estimate of drug-likeness (QED) is 0.514. The van der Waals surface area contributed by atoms with E-state index in [0.717, 1.165) is 9.13 Å². The Hall–Kier alpha value is -1.94. The predicted octanol–water partition coefficient (Wildman–Crippen LogP) is 0.421. The van der Waals surface area contributed by atoms with Crippen LogP contribution in [0.4, 0.5) is 0 Å². The van der Waals surface area contributed by atoms with Gasteiger partial charge in [-0.05, 0) is 40.3 Å². The SMILES string of the molecule is O=C(NC(CO)C(=O)NCc1cccc(I)c1)c1cnc[nH]1. The normalized spacial score (nSPS) is 11.7. The van der Waals surface area contributed by atoms with Crippen molar-refractivity contribution in [3.63, 3.8) is 0 Å². The molecule has 2 aromatic rings. The van der Waals surface area contributed by atoms with Crippen molar-refractivity contribution in [1.82, 2.24) is 20.6 Å². The monoisotopic (exact) mass is 414 g/mol. The topological polar surface area (TPSA) is 107 Å². The molecule has 1 aromatic heterocycles. The molecule has 0 fully saturated rings. The number of aromatic nitrogens is 2. The van der Waals surface area contributed by atoms with Crippen molar-refractivity contribution in [3.05, 3.63) is 51.6 Å². The first kappa shape index (κ1) is 16.4. The van der Waals surface area contributed by atoms with E-state index in [1.54, 1.807) is 0 Å². The number of aromatic amines is 1. The Morgan fingerprint density at radius 1 is 1.41 bits per heavy atom. The molecule has 2 rings (SSSR count). The van der Waals surface area contributed by atoms with Gasteiger partial charge in [-0.2, -0.15) is 0 Å². The molecule has 0 bridgehead atoms. The second-order valence-corrected chi connectivity index (χ2v) is 5.77. The van der Waals surface area contributed by atoms with Gasteiger partial charge in [-0.3, -0.25) is 9.59 Å². The van der Waals surface area contributed by atoms with E-state index in [1.807, 2.05) is 24.3 Å². The fraction of sp³-hybridized carbons (Fsp3) is 0.214. The third-order valence-corrected chi connectivity index (χ3v) is 3.57. The number of hydrogen-bond acceptors (Lipinski definition) is 4. The Kier molecular flexibility index (Phi) is 5.90. The summed E-state index contributed by atoms with van der Waals surface area (Å²) in [5.74, 6) is -0.949. The highest BCUT2D eigenvalue weighted by Gasteiger charge is 2.20. The van der Waals surface area contributed by atoms with Gasteiger partial charge in [0.05, 0.1) is 19.1 Å². The number of imidazole rings is 1. The summed E-state index contributed by atoms with van der Waals surface area (Å²) < 4.78 is 1.07. The molecule has 4 N–H and O–H groups in total. The zero-order valence-corrected chi connectivity index (χ0v) is 13.7. The number of amides is 2. The average Bonchev–Trinajstić information content (AvgIpc) is 3.04. The van der Waals surface area contributed by atoms with Gasteiger partial charge < -0.3 is 20.7 Å². The maximum absolute atomic E-state index is 12.0. The van der Waals surface area contributed by atoms with Crippen molar-refractivity contribution in [2.75, 3.05) is 6.61 Å². The van der Waals surface area contributed by atoms with Gasteiger partial charge >= 0.3 is 0 Å². The van der Waals surface area contributed by atoms with Gasteiger partial charge in [0.25, 0.3) is 5.91 Å². The van der Waals surface area contributed by atoms with Gasteiger partial charge in [-0.15, -0.1) is 0 Å². The number of aliphatic hydroxyl groups is 1. The predicted molar refractivity (Wildman–Crippen MR) is 87.9 cm³/mol. The Bertz CT molecular complexity index is 645. The molecule has 0 aliphatic heterocycles. The van der Waals surface area contributed by atoms with Crippen molar-refractivity contribution in [1.29, 1.82) is 0 Å². The second-order valence-electron chi connectivity index (χ2n) is 4.52. The van der Waals surface area contributed by atoms with Crippen LogP contribution in [0.3, 0.4) is 0 Å². The zero-order chi connectivity index (χ0) is 15.9. The van der Waals surface area contributed by atoms with Crippen LogP contribution in [0.15, 0.2) is 36.8 Å². The minimum Gasteiger partial charge on any atom is -0.394 e. The molecule has 0 aliphatic rings.